The summed E-state index contributed by atoms with van der Waals surface area (Å²) in [6.07, 6.45) is 0. The molecule has 0 aliphatic rings. The van der Waals surface area contributed by atoms with E-state index in [1.807, 2.05) is 0 Å². The molecule has 0 N–H and O–H groups in total. The van der Waals surface area contributed by atoms with Crippen molar-refractivity contribution in [3.63, 3.8) is 0 Å². The topological polar surface area (TPSA) is 138 Å². The van der Waals surface area contributed by atoms with Gasteiger partial charge in [-0.05, 0) is 0 Å². The molecule has 0 radical (unpaired) electrons. The smallest absolute Gasteiger partial charge is 0.0808 e. The second kappa shape index (κ2) is 33.7. The first-order valence-electron chi connectivity index (χ1n) is 15.9. The summed E-state index contributed by atoms with van der Waals surface area (Å²) >= 11 is 166. The first kappa shape index (κ1) is 76.5. The fourth-order valence-electron chi connectivity index (χ4n) is 3.51. The fraction of sp³-hybridized carbons (Fsp3) is 0. The Morgan fingerprint density at radius 1 is 0.110 bits per heavy atom. The summed E-state index contributed by atoms with van der Waals surface area (Å²) < 4.78 is 0. The van der Waals surface area contributed by atoms with E-state index >= 15 is 0 Å². The Bertz CT molecular complexity index is 1910. The second-order valence-electron chi connectivity index (χ2n) is 11.4. The van der Waals surface area contributed by atoms with Crippen molar-refractivity contribution in [2.45, 2.75) is 0 Å². The Kier molecular flexibility index (Phi) is 35.3. The predicted octanol–water partition coefficient (Wildman–Crippen LogP) is 24.2. The van der Waals surface area contributed by atoms with Crippen LogP contribution in [0.15, 0.2) is 0 Å². The van der Waals surface area contributed by atoms with Crippen LogP contribution in [0.1, 0.15) is 0 Å². The van der Waals surface area contributed by atoms with Crippen molar-refractivity contribution in [3.8, 4) is 34.5 Å². The van der Waals surface area contributed by atoms with E-state index in [9.17, 15) is 30.6 Å². The van der Waals surface area contributed by atoms with Crippen LogP contribution >= 0.6 is 348 Å². The summed E-state index contributed by atoms with van der Waals surface area (Å²) in [7, 11) is 0. The second-order valence-corrected chi connectivity index (χ2v) is 22.7. The van der Waals surface area contributed by atoms with Crippen LogP contribution < -0.4 is 30.6 Å². The van der Waals surface area contributed by atoms with Crippen LogP contribution in [0.2, 0.25) is 151 Å². The average Bonchev–Trinajstić information content (AvgIpc) is 3.37. The summed E-state index contributed by atoms with van der Waals surface area (Å²) in [6, 6.07) is 0. The van der Waals surface area contributed by atoms with Gasteiger partial charge in [-0.1, -0.05) is 383 Å². The van der Waals surface area contributed by atoms with Crippen molar-refractivity contribution in [1.82, 2.24) is 0 Å². The zero-order chi connectivity index (χ0) is 56.8. The molecule has 0 unspecified atom stereocenters. The molecule has 6 aromatic carbocycles. The van der Waals surface area contributed by atoms with Gasteiger partial charge < -0.3 is 30.6 Å². The Hall–Kier alpha value is 3.51. The van der Waals surface area contributed by atoms with Gasteiger partial charge in [-0.25, -0.2) is 0 Å². The van der Waals surface area contributed by atoms with E-state index < -0.39 is 34.5 Å². The number of halogens is 30. The molecule has 0 amide bonds. The molecule has 0 aliphatic heterocycles. The summed E-state index contributed by atoms with van der Waals surface area (Å²) in [6.45, 7) is 0. The van der Waals surface area contributed by atoms with E-state index in [4.69, 9.17) is 348 Å². The predicted molar refractivity (Wildman–Crippen MR) is 306 cm³/mol. The third-order valence-electron chi connectivity index (χ3n) is 7.02. The van der Waals surface area contributed by atoms with Gasteiger partial charge >= 0.3 is 0 Å². The molecular weight excluding hydrogens is 1780 g/mol. The molecule has 0 saturated heterocycles. The van der Waals surface area contributed by atoms with Crippen LogP contribution in [0.25, 0.3) is 0 Å². The molecule has 0 aliphatic carbocycles. The van der Waals surface area contributed by atoms with Crippen molar-refractivity contribution in [2.75, 3.05) is 0 Å². The van der Waals surface area contributed by atoms with Gasteiger partial charge in [0.05, 0.1) is 151 Å². The van der Waals surface area contributed by atoms with E-state index in [0.717, 1.165) is 0 Å². The largest absolute Gasteiger partial charge is 0.870 e. The summed E-state index contributed by atoms with van der Waals surface area (Å²) in [5.41, 5.74) is 0. The molecule has 402 valence electrons. The average molecular weight is 1780 g/mol. The van der Waals surface area contributed by atoms with Crippen molar-refractivity contribution >= 4 is 348 Å². The Labute approximate surface area is 576 Å². The maximum Gasteiger partial charge on any atom is 0.0808 e. The number of benzene rings is 6. The van der Waals surface area contributed by atoms with Crippen LogP contribution in [0, 0.1) is 0 Å². The quantitative estimate of drug-likeness (QED) is 0.110. The van der Waals surface area contributed by atoms with Crippen molar-refractivity contribution in [1.29, 1.82) is 0 Å². The zero-order valence-electron chi connectivity index (χ0n) is 32.2. The van der Waals surface area contributed by atoms with Gasteiger partial charge in [0, 0.05) is 21.1 Å². The third kappa shape index (κ3) is 18.8. The van der Waals surface area contributed by atoms with Gasteiger partial charge in [0.25, 0.3) is 0 Å². The molecule has 0 spiro atoms. The van der Waals surface area contributed by atoms with Gasteiger partial charge in [0.2, 0.25) is 0 Å². The van der Waals surface area contributed by atoms with Crippen LogP contribution in [0.4, 0.5) is 0 Å². The van der Waals surface area contributed by atoms with Crippen molar-refractivity contribution in [3.05, 3.63) is 151 Å². The standard InChI is InChI=1S/6C6HCl5O.W/c6*7-1-2(8)4(10)6(12)5(11)3(1)9;/h6*12H;/p-6. The number of hydrogen-bond acceptors (Lipinski definition) is 6. The van der Waals surface area contributed by atoms with Crippen molar-refractivity contribution in [2.24, 2.45) is 0 Å². The number of rotatable bonds is 0. The maximum absolute atomic E-state index is 11.1. The molecule has 0 atom stereocenters. The van der Waals surface area contributed by atoms with Gasteiger partial charge in [0.1, 0.15) is 0 Å². The normalized spacial score (nSPS) is 10.3. The fourth-order valence-corrected chi connectivity index (χ4v) is 10.2. The minimum absolute atomic E-state index is 0. The minimum Gasteiger partial charge on any atom is -0.870 e. The van der Waals surface area contributed by atoms with Gasteiger partial charge in [-0.15, -0.1) is 0 Å². The molecule has 0 fully saturated rings. The molecule has 0 heterocycles. The summed E-state index contributed by atoms with van der Waals surface area (Å²) in [5.74, 6) is -3.68. The molecule has 0 saturated carbocycles. The molecule has 73 heavy (non-hydrogen) atoms. The molecule has 6 nitrogen and oxygen atoms in total. The first-order valence-corrected chi connectivity index (χ1v) is 27.2. The van der Waals surface area contributed by atoms with E-state index in [-0.39, 0.29) is 172 Å². The van der Waals surface area contributed by atoms with E-state index in [2.05, 4.69) is 0 Å². The molecule has 6 aromatic rings. The van der Waals surface area contributed by atoms with Crippen LogP contribution in [0.3, 0.4) is 0 Å². The van der Waals surface area contributed by atoms with Crippen LogP contribution in [-0.4, -0.2) is 0 Å². The molecule has 0 bridgehead atoms. The summed E-state index contributed by atoms with van der Waals surface area (Å²) in [5, 5.41) is 63.0. The van der Waals surface area contributed by atoms with Gasteiger partial charge in [-0.3, -0.25) is 0 Å². The number of hydrogen-bond donors (Lipinski definition) is 0. The molecule has 6 rings (SSSR count). The Morgan fingerprint density at radius 3 is 0.205 bits per heavy atom. The first-order chi connectivity index (χ1) is 32.8. The van der Waals surface area contributed by atoms with E-state index in [1.54, 1.807) is 0 Å². The zero-order valence-corrected chi connectivity index (χ0v) is 57.8. The Balaban J connectivity index is 0.000000850. The molecule has 0 aromatic heterocycles. The van der Waals surface area contributed by atoms with E-state index in [1.165, 1.54) is 0 Å². The SMILES string of the molecule is [O-]c1c(Cl)c(Cl)c(Cl)c(Cl)c1Cl.[O-]c1c(Cl)c(Cl)c(Cl)c(Cl)c1Cl.[O-]c1c(Cl)c(Cl)c(Cl)c(Cl)c1Cl.[O-]c1c(Cl)c(Cl)c(Cl)c(Cl)c1Cl.[O-]c1c(Cl)c(Cl)c(Cl)c(Cl)c1Cl.[O-]c1c(Cl)c(Cl)c(Cl)c(Cl)c1Cl.[W]. The van der Waals surface area contributed by atoms with Gasteiger partial charge in [-0.2, -0.15) is 0 Å². The molecular formula is C36Cl30O6W-6. The van der Waals surface area contributed by atoms with Gasteiger partial charge in [0.15, 0.2) is 0 Å². The van der Waals surface area contributed by atoms with Crippen LogP contribution in [-0.2, 0) is 21.1 Å². The van der Waals surface area contributed by atoms with E-state index in [0.29, 0.717) is 0 Å². The minimum atomic E-state index is -0.613. The third-order valence-corrected chi connectivity index (χ3v) is 20.5. The van der Waals surface area contributed by atoms with Crippen LogP contribution in [0.5, 0.6) is 34.5 Å². The van der Waals surface area contributed by atoms with Crippen molar-refractivity contribution < 1.29 is 51.7 Å². The monoisotopic (exact) mass is 1760 g/mol. The summed E-state index contributed by atoms with van der Waals surface area (Å²) in [4.78, 5) is 0. The molecule has 37 heteroatoms. The Morgan fingerprint density at radius 2 is 0.151 bits per heavy atom. The maximum atomic E-state index is 11.1.